The van der Waals surface area contributed by atoms with Crippen LogP contribution in [0.4, 0.5) is 8.78 Å². The molecule has 0 radical (unpaired) electrons. The van der Waals surface area contributed by atoms with Gasteiger partial charge in [0, 0.05) is 10.5 Å². The highest BCUT2D eigenvalue weighted by atomic mass is 19.1. The fourth-order valence-electron chi connectivity index (χ4n) is 4.54. The number of hydrogen-bond acceptors (Lipinski definition) is 6. The molecule has 3 rings (SSSR count). The van der Waals surface area contributed by atoms with Gasteiger partial charge in [-0.1, -0.05) is 50.2 Å². The van der Waals surface area contributed by atoms with Crippen molar-refractivity contribution in [2.75, 3.05) is 6.54 Å². The van der Waals surface area contributed by atoms with Gasteiger partial charge in [-0.15, -0.1) is 0 Å². The normalized spacial score (nSPS) is 22.7. The van der Waals surface area contributed by atoms with E-state index < -0.39 is 71.7 Å². The van der Waals surface area contributed by atoms with E-state index in [1.54, 1.807) is 44.2 Å². The summed E-state index contributed by atoms with van der Waals surface area (Å²) in [5.41, 5.74) is 0.239. The highest BCUT2D eigenvalue weighted by Crippen LogP contribution is 2.39. The average Bonchev–Trinajstić information content (AvgIpc) is 3.20. The smallest absolute Gasteiger partial charge is 0.322 e. The number of nitrogens with zero attached hydrogens (tertiary/aromatic N) is 1. The predicted octanol–water partition coefficient (Wildman–Crippen LogP) is 2.68. The quantitative estimate of drug-likeness (QED) is 0.344. The van der Waals surface area contributed by atoms with Crippen molar-refractivity contribution >= 4 is 11.9 Å². The van der Waals surface area contributed by atoms with Gasteiger partial charge in [0.1, 0.15) is 24.2 Å². The summed E-state index contributed by atoms with van der Waals surface area (Å²) < 4.78 is 34.3. The molecule has 0 spiro atoms. The molecule has 0 aromatic heterocycles. The van der Waals surface area contributed by atoms with Crippen LogP contribution in [0.2, 0.25) is 0 Å². The lowest BCUT2D eigenvalue weighted by Crippen LogP contribution is -2.51. The molecular formula is C24H27F2N3O6. The van der Waals surface area contributed by atoms with Crippen LogP contribution in [0.5, 0.6) is 0 Å². The van der Waals surface area contributed by atoms with E-state index in [0.717, 1.165) is 12.1 Å². The molecular weight excluding hydrogens is 464 g/mol. The van der Waals surface area contributed by atoms with Gasteiger partial charge >= 0.3 is 5.97 Å². The first-order valence-electron chi connectivity index (χ1n) is 11.1. The topological polar surface area (TPSA) is 131 Å². The summed E-state index contributed by atoms with van der Waals surface area (Å²) in [6.45, 7) is 2.28. The second kappa shape index (κ2) is 11.3. The van der Waals surface area contributed by atoms with Gasteiger partial charge in [0.2, 0.25) is 11.9 Å². The van der Waals surface area contributed by atoms with E-state index in [1.807, 2.05) is 0 Å². The van der Waals surface area contributed by atoms with Crippen molar-refractivity contribution in [2.24, 2.45) is 11.8 Å². The molecule has 2 aromatic carbocycles. The van der Waals surface area contributed by atoms with E-state index in [0.29, 0.717) is 5.56 Å². The lowest BCUT2D eigenvalue weighted by molar-refractivity contribution is -0.535. The van der Waals surface area contributed by atoms with Gasteiger partial charge in [-0.3, -0.25) is 25.0 Å². The summed E-state index contributed by atoms with van der Waals surface area (Å²) in [4.78, 5) is 35.8. The monoisotopic (exact) mass is 491 g/mol. The first-order chi connectivity index (χ1) is 16.6. The molecule has 0 saturated carbocycles. The van der Waals surface area contributed by atoms with Crippen LogP contribution in [0.1, 0.15) is 31.0 Å². The number of halogens is 2. The van der Waals surface area contributed by atoms with Gasteiger partial charge < -0.3 is 15.2 Å². The lowest BCUT2D eigenvalue weighted by Gasteiger charge is -2.31. The number of amides is 1. The van der Waals surface area contributed by atoms with Crippen molar-refractivity contribution in [1.82, 2.24) is 10.6 Å². The van der Waals surface area contributed by atoms with E-state index >= 15 is 0 Å². The summed E-state index contributed by atoms with van der Waals surface area (Å²) in [7, 11) is 0. The number of hydrogen-bond donors (Lipinski definition) is 3. The van der Waals surface area contributed by atoms with Crippen LogP contribution in [0.3, 0.4) is 0 Å². The molecule has 5 atom stereocenters. The molecule has 1 amide bonds. The van der Waals surface area contributed by atoms with Gasteiger partial charge in [0.25, 0.3) is 0 Å². The van der Waals surface area contributed by atoms with Crippen LogP contribution >= 0.6 is 0 Å². The Bertz CT molecular complexity index is 1050. The zero-order valence-electron chi connectivity index (χ0n) is 19.2. The Morgan fingerprint density at radius 2 is 1.77 bits per heavy atom. The van der Waals surface area contributed by atoms with E-state index in [4.69, 9.17) is 9.84 Å². The zero-order chi connectivity index (χ0) is 25.7. The van der Waals surface area contributed by atoms with Crippen molar-refractivity contribution in [2.45, 2.75) is 44.7 Å². The maximum Gasteiger partial charge on any atom is 0.322 e. The van der Waals surface area contributed by atoms with Crippen LogP contribution in [-0.2, 0) is 20.9 Å². The number of rotatable bonds is 10. The van der Waals surface area contributed by atoms with Crippen LogP contribution in [-0.4, -0.2) is 46.6 Å². The maximum atomic E-state index is 14.2. The number of nitro groups is 1. The molecule has 3 N–H and O–H groups in total. The van der Waals surface area contributed by atoms with Crippen LogP contribution in [0.25, 0.3) is 0 Å². The fraction of sp³-hybridized carbons (Fsp3) is 0.417. The standard InChI is InChI=1S/C24H27F2N3O6/c1-13(2)23(35-12-15-16(25)9-6-10-17(15)26)19-21(24(32)27-11-18(30)31)28-20(22(19)29(33)34)14-7-4-3-5-8-14/h3-10,13,19-23,28H,11-12H2,1-2H3,(H,27,32)(H,30,31)/t19-,20+,21+,22+,23+/m1/s1. The number of carbonyl (C=O) groups is 2. The number of nitrogens with one attached hydrogen (secondary N) is 2. The summed E-state index contributed by atoms with van der Waals surface area (Å²) in [5, 5.41) is 26.5. The Hall–Kier alpha value is -3.44. The minimum absolute atomic E-state index is 0.326. The Balaban J connectivity index is 1.99. The Labute approximate surface area is 200 Å². The minimum Gasteiger partial charge on any atom is -0.480 e. The Morgan fingerprint density at radius 3 is 2.31 bits per heavy atom. The van der Waals surface area contributed by atoms with Gasteiger partial charge in [-0.05, 0) is 23.6 Å². The van der Waals surface area contributed by atoms with Crippen molar-refractivity contribution < 1.29 is 33.1 Å². The van der Waals surface area contributed by atoms with Gasteiger partial charge in [-0.2, -0.15) is 0 Å². The number of aliphatic carboxylic acids is 1. The highest BCUT2D eigenvalue weighted by molar-refractivity contribution is 5.86. The third-order valence-electron chi connectivity index (χ3n) is 6.10. The van der Waals surface area contributed by atoms with Crippen molar-refractivity contribution in [1.29, 1.82) is 0 Å². The maximum absolute atomic E-state index is 14.2. The van der Waals surface area contributed by atoms with Crippen molar-refractivity contribution in [3.8, 4) is 0 Å². The Morgan fingerprint density at radius 1 is 1.14 bits per heavy atom. The highest BCUT2D eigenvalue weighted by Gasteiger charge is 2.57. The molecule has 1 heterocycles. The minimum atomic E-state index is -1.34. The summed E-state index contributed by atoms with van der Waals surface area (Å²) in [6, 6.07) is 8.49. The molecule has 1 saturated heterocycles. The largest absolute Gasteiger partial charge is 0.480 e. The molecule has 1 fully saturated rings. The number of carboxylic acids is 1. The molecule has 0 bridgehead atoms. The lowest BCUT2D eigenvalue weighted by atomic mass is 9.82. The fourth-order valence-corrected chi connectivity index (χ4v) is 4.54. The second-order valence-corrected chi connectivity index (χ2v) is 8.72. The molecule has 11 heteroatoms. The van der Waals surface area contributed by atoms with E-state index in [2.05, 4.69) is 10.6 Å². The summed E-state index contributed by atoms with van der Waals surface area (Å²) in [5.74, 6) is -5.11. The average molecular weight is 491 g/mol. The number of carboxylic acid groups (broad SMARTS) is 1. The van der Waals surface area contributed by atoms with Gasteiger partial charge in [0.05, 0.1) is 24.7 Å². The van der Waals surface area contributed by atoms with Crippen molar-refractivity contribution in [3.63, 3.8) is 0 Å². The molecule has 9 nitrogen and oxygen atoms in total. The second-order valence-electron chi connectivity index (χ2n) is 8.72. The first-order valence-corrected chi connectivity index (χ1v) is 11.1. The molecule has 188 valence electrons. The molecule has 0 aliphatic carbocycles. The summed E-state index contributed by atoms with van der Waals surface area (Å²) in [6.07, 6.45) is -0.966. The van der Waals surface area contributed by atoms with Crippen LogP contribution in [0.15, 0.2) is 48.5 Å². The van der Waals surface area contributed by atoms with Crippen LogP contribution < -0.4 is 10.6 Å². The molecule has 35 heavy (non-hydrogen) atoms. The van der Waals surface area contributed by atoms with Crippen LogP contribution in [0, 0.1) is 33.6 Å². The molecule has 1 aliphatic rings. The molecule has 1 aliphatic heterocycles. The predicted molar refractivity (Wildman–Crippen MR) is 121 cm³/mol. The van der Waals surface area contributed by atoms with E-state index in [9.17, 15) is 28.5 Å². The van der Waals surface area contributed by atoms with Gasteiger partial charge in [0.15, 0.2) is 0 Å². The molecule has 2 aromatic rings. The zero-order valence-corrected chi connectivity index (χ0v) is 19.2. The molecule has 0 unspecified atom stereocenters. The third kappa shape index (κ3) is 5.98. The first kappa shape index (κ1) is 26.2. The summed E-state index contributed by atoms with van der Waals surface area (Å²) >= 11 is 0. The number of carbonyl (C=O) groups excluding carboxylic acids is 1. The van der Waals surface area contributed by atoms with Gasteiger partial charge in [-0.25, -0.2) is 8.78 Å². The van der Waals surface area contributed by atoms with E-state index in [-0.39, 0.29) is 11.5 Å². The Kier molecular flexibility index (Phi) is 8.47. The van der Waals surface area contributed by atoms with Crippen molar-refractivity contribution in [3.05, 3.63) is 81.4 Å². The SMILES string of the molecule is CC(C)[C@H](OCc1c(F)cccc1F)[C@H]1[C@H]([N+](=O)[O-])[C@H](c2ccccc2)N[C@@H]1C(=O)NCC(=O)O. The number of benzene rings is 2. The third-order valence-corrected chi connectivity index (χ3v) is 6.10. The number of ether oxygens (including phenoxy) is 1. The van der Waals surface area contributed by atoms with E-state index in [1.165, 1.54) is 6.07 Å².